The molecule has 2 heteroatoms. The first kappa shape index (κ1) is 11.6. The van der Waals surface area contributed by atoms with Crippen molar-refractivity contribution >= 4 is 0 Å². The maximum atomic E-state index is 6.40. The summed E-state index contributed by atoms with van der Waals surface area (Å²) in [5, 5.41) is 3.39. The number of hydrogen-bond donors (Lipinski definition) is 2. The highest BCUT2D eigenvalue weighted by atomic mass is 14.9. The molecule has 1 aliphatic heterocycles. The lowest BCUT2D eigenvalue weighted by Crippen LogP contribution is -2.41. The zero-order chi connectivity index (χ0) is 11.4. The van der Waals surface area contributed by atoms with Gasteiger partial charge in [-0.2, -0.15) is 0 Å². The van der Waals surface area contributed by atoms with Crippen LogP contribution >= 0.6 is 0 Å². The van der Waals surface area contributed by atoms with E-state index in [1.807, 2.05) is 0 Å². The Morgan fingerprint density at radius 2 is 1.81 bits per heavy atom. The fraction of sp³-hybridized carbons (Fsp3) is 0.571. The molecule has 2 nitrogen and oxygen atoms in total. The van der Waals surface area contributed by atoms with Gasteiger partial charge in [-0.25, -0.2) is 0 Å². The van der Waals surface area contributed by atoms with Crippen LogP contribution in [0.5, 0.6) is 0 Å². The number of nitrogens with one attached hydrogen (secondary N) is 1. The highest BCUT2D eigenvalue weighted by Crippen LogP contribution is 2.26. The first-order valence-electron chi connectivity index (χ1n) is 6.30. The number of hydrogen-bond acceptors (Lipinski definition) is 2. The Kier molecular flexibility index (Phi) is 3.97. The van der Waals surface area contributed by atoms with E-state index >= 15 is 0 Å². The van der Waals surface area contributed by atoms with Gasteiger partial charge in [0.1, 0.15) is 0 Å². The van der Waals surface area contributed by atoms with E-state index in [1.54, 1.807) is 0 Å². The van der Waals surface area contributed by atoms with Gasteiger partial charge in [0.2, 0.25) is 0 Å². The number of benzene rings is 1. The van der Waals surface area contributed by atoms with Crippen LogP contribution in [0.3, 0.4) is 0 Å². The summed E-state index contributed by atoms with van der Waals surface area (Å²) >= 11 is 0. The predicted molar refractivity (Wildman–Crippen MR) is 68.4 cm³/mol. The highest BCUT2D eigenvalue weighted by Gasteiger charge is 2.25. The normalized spacial score (nSPS) is 21.6. The van der Waals surface area contributed by atoms with Crippen molar-refractivity contribution in [3.8, 4) is 0 Å². The molecule has 1 aromatic carbocycles. The lowest BCUT2D eigenvalue weighted by atomic mass is 9.81. The molecule has 16 heavy (non-hydrogen) atoms. The molecule has 2 atom stereocenters. The van der Waals surface area contributed by atoms with Gasteiger partial charge in [0.25, 0.3) is 0 Å². The molecule has 0 bridgehead atoms. The van der Waals surface area contributed by atoms with Crippen molar-refractivity contribution in [2.45, 2.75) is 31.7 Å². The van der Waals surface area contributed by atoms with Crippen LogP contribution in [0.25, 0.3) is 0 Å². The standard InChI is InChI=1S/C14H22N2/c1-11(12-5-3-2-4-6-12)14(15)13-7-9-16-10-8-13/h2-6,11,13-14,16H,7-10,15H2,1H3. The zero-order valence-corrected chi connectivity index (χ0v) is 10.0. The number of nitrogens with two attached hydrogens (primary N) is 1. The minimum Gasteiger partial charge on any atom is -0.327 e. The first-order valence-corrected chi connectivity index (χ1v) is 6.30. The summed E-state index contributed by atoms with van der Waals surface area (Å²) in [6, 6.07) is 10.9. The van der Waals surface area contributed by atoms with Crippen LogP contribution in [-0.4, -0.2) is 19.1 Å². The highest BCUT2D eigenvalue weighted by molar-refractivity contribution is 5.20. The molecule has 1 fully saturated rings. The van der Waals surface area contributed by atoms with E-state index in [4.69, 9.17) is 5.73 Å². The van der Waals surface area contributed by atoms with E-state index in [9.17, 15) is 0 Å². The third kappa shape index (κ3) is 2.63. The van der Waals surface area contributed by atoms with Crippen molar-refractivity contribution < 1.29 is 0 Å². The van der Waals surface area contributed by atoms with Gasteiger partial charge < -0.3 is 11.1 Å². The molecule has 0 spiro atoms. The van der Waals surface area contributed by atoms with Crippen molar-refractivity contribution in [1.29, 1.82) is 0 Å². The van der Waals surface area contributed by atoms with E-state index in [0.717, 1.165) is 13.1 Å². The molecule has 2 unspecified atom stereocenters. The zero-order valence-electron chi connectivity index (χ0n) is 10.0. The van der Waals surface area contributed by atoms with Gasteiger partial charge >= 0.3 is 0 Å². The van der Waals surface area contributed by atoms with Crippen LogP contribution < -0.4 is 11.1 Å². The van der Waals surface area contributed by atoms with Gasteiger partial charge in [0, 0.05) is 6.04 Å². The number of piperidine rings is 1. The van der Waals surface area contributed by atoms with Gasteiger partial charge in [0.05, 0.1) is 0 Å². The van der Waals surface area contributed by atoms with Crippen LogP contribution in [-0.2, 0) is 0 Å². The van der Waals surface area contributed by atoms with Crippen LogP contribution in [0.2, 0.25) is 0 Å². The maximum absolute atomic E-state index is 6.40. The molecule has 1 aliphatic rings. The summed E-state index contributed by atoms with van der Waals surface area (Å²) in [6.45, 7) is 4.50. The van der Waals surface area contributed by atoms with Crippen molar-refractivity contribution in [2.24, 2.45) is 11.7 Å². The van der Waals surface area contributed by atoms with Crippen molar-refractivity contribution in [1.82, 2.24) is 5.32 Å². The van der Waals surface area contributed by atoms with Crippen LogP contribution in [0.4, 0.5) is 0 Å². The molecule has 0 aliphatic carbocycles. The average Bonchev–Trinajstić information content (AvgIpc) is 2.39. The van der Waals surface area contributed by atoms with Crippen LogP contribution in [0.15, 0.2) is 30.3 Å². The predicted octanol–water partition coefficient (Wildman–Crippen LogP) is 2.12. The molecule has 1 saturated heterocycles. The Bertz CT molecular complexity index is 304. The summed E-state index contributed by atoms with van der Waals surface area (Å²) in [7, 11) is 0. The van der Waals surface area contributed by atoms with Gasteiger partial charge in [-0.1, -0.05) is 37.3 Å². The van der Waals surface area contributed by atoms with Gasteiger partial charge in [-0.15, -0.1) is 0 Å². The Morgan fingerprint density at radius 1 is 1.19 bits per heavy atom. The minimum atomic E-state index is 0.296. The van der Waals surface area contributed by atoms with Gasteiger partial charge in [0.15, 0.2) is 0 Å². The summed E-state index contributed by atoms with van der Waals surface area (Å²) in [6.07, 6.45) is 2.44. The third-order valence-electron chi connectivity index (χ3n) is 3.83. The molecule has 0 saturated carbocycles. The van der Waals surface area contributed by atoms with E-state index in [2.05, 4.69) is 42.6 Å². The first-order chi connectivity index (χ1) is 7.79. The quantitative estimate of drug-likeness (QED) is 0.815. The second-order valence-corrected chi connectivity index (χ2v) is 4.86. The second-order valence-electron chi connectivity index (χ2n) is 4.86. The minimum absolute atomic E-state index is 0.296. The fourth-order valence-electron chi connectivity index (χ4n) is 2.62. The largest absolute Gasteiger partial charge is 0.327 e. The molecular formula is C14H22N2. The van der Waals surface area contributed by atoms with Gasteiger partial charge in [-0.3, -0.25) is 0 Å². The Balaban J connectivity index is 2.00. The second kappa shape index (κ2) is 5.46. The lowest BCUT2D eigenvalue weighted by Gasteiger charge is -2.32. The maximum Gasteiger partial charge on any atom is 0.0135 e. The van der Waals surface area contributed by atoms with E-state index in [1.165, 1.54) is 18.4 Å². The molecule has 2 rings (SSSR count). The fourth-order valence-corrected chi connectivity index (χ4v) is 2.62. The van der Waals surface area contributed by atoms with E-state index in [-0.39, 0.29) is 0 Å². The molecular weight excluding hydrogens is 196 g/mol. The molecule has 88 valence electrons. The van der Waals surface area contributed by atoms with Crippen molar-refractivity contribution in [2.75, 3.05) is 13.1 Å². The van der Waals surface area contributed by atoms with E-state index < -0.39 is 0 Å². The van der Waals surface area contributed by atoms with Crippen molar-refractivity contribution in [3.05, 3.63) is 35.9 Å². The van der Waals surface area contributed by atoms with Crippen LogP contribution in [0.1, 0.15) is 31.2 Å². The van der Waals surface area contributed by atoms with Crippen LogP contribution in [0, 0.1) is 5.92 Å². The molecule has 1 heterocycles. The summed E-state index contributed by atoms with van der Waals surface area (Å²) in [5.41, 5.74) is 7.77. The SMILES string of the molecule is CC(c1ccccc1)C(N)C1CCNCC1. The molecule has 0 radical (unpaired) electrons. The monoisotopic (exact) mass is 218 g/mol. The lowest BCUT2D eigenvalue weighted by molar-refractivity contribution is 0.295. The van der Waals surface area contributed by atoms with E-state index in [0.29, 0.717) is 17.9 Å². The van der Waals surface area contributed by atoms with Gasteiger partial charge in [-0.05, 0) is 43.3 Å². The Labute approximate surface area is 98.2 Å². The Hall–Kier alpha value is -0.860. The Morgan fingerprint density at radius 3 is 2.44 bits per heavy atom. The average molecular weight is 218 g/mol. The topological polar surface area (TPSA) is 38.0 Å². The summed E-state index contributed by atoms with van der Waals surface area (Å²) in [5.74, 6) is 1.14. The number of rotatable bonds is 3. The molecule has 0 amide bonds. The summed E-state index contributed by atoms with van der Waals surface area (Å²) < 4.78 is 0. The summed E-state index contributed by atoms with van der Waals surface area (Å²) in [4.78, 5) is 0. The molecule has 1 aromatic rings. The molecule has 0 aromatic heterocycles. The molecule has 3 N–H and O–H groups in total. The third-order valence-corrected chi connectivity index (χ3v) is 3.83. The smallest absolute Gasteiger partial charge is 0.0135 e. The van der Waals surface area contributed by atoms with Crippen molar-refractivity contribution in [3.63, 3.8) is 0 Å².